The van der Waals surface area contributed by atoms with Gasteiger partial charge in [-0.3, -0.25) is 0 Å². The third-order valence-electron chi connectivity index (χ3n) is 2.88. The molecule has 0 spiro atoms. The zero-order chi connectivity index (χ0) is 15.6. The van der Waals surface area contributed by atoms with Crippen molar-refractivity contribution in [3.05, 3.63) is 41.4 Å². The Balaban J connectivity index is 2.30. The van der Waals surface area contributed by atoms with Crippen molar-refractivity contribution < 1.29 is 13.2 Å². The number of halogens is 1. The normalized spacial score (nSPS) is 11.2. The molecule has 0 aliphatic rings. The average molecular weight is 327 g/mol. The lowest BCUT2D eigenvalue weighted by atomic mass is 10.2. The quantitative estimate of drug-likeness (QED) is 0.844. The molecule has 0 unspecified atom stereocenters. The number of benzene rings is 2. The van der Waals surface area contributed by atoms with Gasteiger partial charge < -0.3 is 15.8 Å². The second-order valence-corrected chi connectivity index (χ2v) is 6.92. The molecule has 0 saturated carbocycles. The fourth-order valence-electron chi connectivity index (χ4n) is 1.78. The van der Waals surface area contributed by atoms with Crippen molar-refractivity contribution in [1.82, 2.24) is 0 Å². The summed E-state index contributed by atoms with van der Waals surface area (Å²) >= 11 is 6.05. The van der Waals surface area contributed by atoms with E-state index in [1.807, 2.05) is 0 Å². The molecule has 0 bridgehead atoms. The molecule has 0 amide bonds. The number of anilines is 3. The highest BCUT2D eigenvalue weighted by molar-refractivity contribution is 7.90. The molecule has 2 aromatic rings. The van der Waals surface area contributed by atoms with E-state index in [1.54, 1.807) is 24.3 Å². The Hall–Kier alpha value is -1.92. The highest BCUT2D eigenvalue weighted by Gasteiger charge is 2.10. The number of hydrogen-bond acceptors (Lipinski definition) is 5. The van der Waals surface area contributed by atoms with Crippen LogP contribution in [-0.2, 0) is 9.84 Å². The molecule has 112 valence electrons. The summed E-state index contributed by atoms with van der Waals surface area (Å²) in [5.74, 6) is 0.572. The van der Waals surface area contributed by atoms with Gasteiger partial charge in [0.05, 0.1) is 28.4 Å². The number of hydrogen-bond donors (Lipinski definition) is 2. The highest BCUT2D eigenvalue weighted by atomic mass is 35.5. The van der Waals surface area contributed by atoms with Crippen LogP contribution in [-0.4, -0.2) is 21.8 Å². The van der Waals surface area contributed by atoms with Crippen molar-refractivity contribution in [1.29, 1.82) is 0 Å². The molecule has 0 saturated heterocycles. The monoisotopic (exact) mass is 326 g/mol. The fraction of sp³-hybridized carbons (Fsp3) is 0.143. The number of rotatable bonds is 4. The zero-order valence-electron chi connectivity index (χ0n) is 11.6. The van der Waals surface area contributed by atoms with E-state index in [4.69, 9.17) is 22.1 Å². The Morgan fingerprint density at radius 1 is 1.19 bits per heavy atom. The van der Waals surface area contributed by atoms with Gasteiger partial charge >= 0.3 is 0 Å². The summed E-state index contributed by atoms with van der Waals surface area (Å²) in [6.45, 7) is 0. The summed E-state index contributed by atoms with van der Waals surface area (Å²) in [6, 6.07) is 9.75. The molecule has 0 atom stereocenters. The molecule has 7 heteroatoms. The van der Waals surface area contributed by atoms with Gasteiger partial charge in [0.2, 0.25) is 0 Å². The molecule has 0 aromatic heterocycles. The van der Waals surface area contributed by atoms with Gasteiger partial charge in [-0.05, 0) is 36.4 Å². The van der Waals surface area contributed by atoms with E-state index in [0.29, 0.717) is 22.1 Å². The topological polar surface area (TPSA) is 81.4 Å². The van der Waals surface area contributed by atoms with Gasteiger partial charge in [-0.15, -0.1) is 0 Å². The van der Waals surface area contributed by atoms with E-state index in [1.165, 1.54) is 19.2 Å². The van der Waals surface area contributed by atoms with Crippen LogP contribution in [0.1, 0.15) is 0 Å². The molecule has 0 aliphatic heterocycles. The van der Waals surface area contributed by atoms with Gasteiger partial charge in [0.15, 0.2) is 9.84 Å². The molecule has 21 heavy (non-hydrogen) atoms. The van der Waals surface area contributed by atoms with Gasteiger partial charge in [0.25, 0.3) is 0 Å². The maximum Gasteiger partial charge on any atom is 0.175 e. The number of nitrogens with two attached hydrogens (primary N) is 1. The van der Waals surface area contributed by atoms with Crippen molar-refractivity contribution >= 4 is 38.5 Å². The number of nitrogens with one attached hydrogen (secondary N) is 1. The minimum absolute atomic E-state index is 0.179. The van der Waals surface area contributed by atoms with Crippen LogP contribution in [0, 0.1) is 0 Å². The summed E-state index contributed by atoms with van der Waals surface area (Å²) in [5.41, 5.74) is 7.54. The summed E-state index contributed by atoms with van der Waals surface area (Å²) in [7, 11) is -1.74. The molecule has 2 rings (SSSR count). The van der Waals surface area contributed by atoms with Crippen LogP contribution in [0.2, 0.25) is 5.02 Å². The number of nitrogen functional groups attached to an aromatic ring is 1. The highest BCUT2D eigenvalue weighted by Crippen LogP contribution is 2.31. The Bertz CT molecular complexity index is 776. The lowest BCUT2D eigenvalue weighted by Gasteiger charge is -2.12. The van der Waals surface area contributed by atoms with Crippen LogP contribution in [0.15, 0.2) is 41.3 Å². The smallest absolute Gasteiger partial charge is 0.175 e. The first-order valence-corrected chi connectivity index (χ1v) is 8.28. The molecule has 0 aliphatic carbocycles. The predicted molar refractivity (Wildman–Crippen MR) is 85.3 cm³/mol. The van der Waals surface area contributed by atoms with Crippen LogP contribution in [0.25, 0.3) is 0 Å². The number of methoxy groups -OCH3 is 1. The van der Waals surface area contributed by atoms with Crippen molar-refractivity contribution in [2.24, 2.45) is 0 Å². The maximum absolute atomic E-state index is 11.5. The predicted octanol–water partition coefficient (Wildman–Crippen LogP) is 3.08. The van der Waals surface area contributed by atoms with Crippen LogP contribution in [0.5, 0.6) is 5.75 Å². The molecule has 0 heterocycles. The minimum atomic E-state index is -3.28. The Kier molecular flexibility index (Phi) is 4.29. The van der Waals surface area contributed by atoms with Gasteiger partial charge in [-0.25, -0.2) is 8.42 Å². The first-order chi connectivity index (χ1) is 9.81. The third kappa shape index (κ3) is 3.59. The van der Waals surface area contributed by atoms with Gasteiger partial charge in [0, 0.05) is 11.9 Å². The first-order valence-electron chi connectivity index (χ1n) is 6.01. The van der Waals surface area contributed by atoms with Crippen molar-refractivity contribution in [2.75, 3.05) is 24.4 Å². The fourth-order valence-corrected chi connectivity index (χ4v) is 2.70. The van der Waals surface area contributed by atoms with E-state index >= 15 is 0 Å². The van der Waals surface area contributed by atoms with Gasteiger partial charge in [-0.1, -0.05) is 11.6 Å². The lowest BCUT2D eigenvalue weighted by molar-refractivity contribution is 0.415. The second-order valence-electron chi connectivity index (χ2n) is 4.50. The minimum Gasteiger partial charge on any atom is -0.495 e. The SMILES string of the molecule is COc1ccc(Nc2ccc(S(C)(=O)=O)cc2N)cc1Cl. The van der Waals surface area contributed by atoms with E-state index in [9.17, 15) is 8.42 Å². The zero-order valence-corrected chi connectivity index (χ0v) is 13.1. The van der Waals surface area contributed by atoms with Crippen molar-refractivity contribution in [2.45, 2.75) is 4.90 Å². The number of sulfone groups is 1. The largest absolute Gasteiger partial charge is 0.495 e. The Labute approximate surface area is 128 Å². The molecular weight excluding hydrogens is 312 g/mol. The Morgan fingerprint density at radius 2 is 1.90 bits per heavy atom. The summed E-state index contributed by atoms with van der Waals surface area (Å²) in [6.07, 6.45) is 1.14. The van der Waals surface area contributed by atoms with Crippen LogP contribution in [0.3, 0.4) is 0 Å². The average Bonchev–Trinajstić information content (AvgIpc) is 2.40. The molecule has 5 nitrogen and oxygen atoms in total. The van der Waals surface area contributed by atoms with Gasteiger partial charge in [-0.2, -0.15) is 0 Å². The van der Waals surface area contributed by atoms with Crippen LogP contribution >= 0.6 is 11.6 Å². The standard InChI is InChI=1S/C14H15ClN2O3S/c1-20-14-6-3-9(7-11(14)15)17-13-5-4-10(8-12(13)16)21(2,18)19/h3-8,17H,16H2,1-2H3. The van der Waals surface area contributed by atoms with Crippen molar-refractivity contribution in [3.8, 4) is 5.75 Å². The van der Waals surface area contributed by atoms with E-state index in [-0.39, 0.29) is 4.90 Å². The second kappa shape index (κ2) is 5.83. The Morgan fingerprint density at radius 3 is 2.43 bits per heavy atom. The van der Waals surface area contributed by atoms with E-state index < -0.39 is 9.84 Å². The number of ether oxygens (including phenoxy) is 1. The van der Waals surface area contributed by atoms with E-state index in [2.05, 4.69) is 5.32 Å². The summed E-state index contributed by atoms with van der Waals surface area (Å²) in [4.78, 5) is 0.179. The molecule has 0 radical (unpaired) electrons. The van der Waals surface area contributed by atoms with Crippen molar-refractivity contribution in [3.63, 3.8) is 0 Å². The van der Waals surface area contributed by atoms with Crippen LogP contribution in [0.4, 0.5) is 17.1 Å². The lowest BCUT2D eigenvalue weighted by Crippen LogP contribution is -2.01. The summed E-state index contributed by atoms with van der Waals surface area (Å²) < 4.78 is 28.0. The van der Waals surface area contributed by atoms with Crippen LogP contribution < -0.4 is 15.8 Å². The maximum atomic E-state index is 11.5. The summed E-state index contributed by atoms with van der Waals surface area (Å²) in [5, 5.41) is 3.55. The van der Waals surface area contributed by atoms with Gasteiger partial charge in [0.1, 0.15) is 5.75 Å². The van der Waals surface area contributed by atoms with E-state index in [0.717, 1.165) is 11.9 Å². The molecule has 3 N–H and O–H groups in total. The molecule has 0 fully saturated rings. The molecule has 2 aromatic carbocycles. The first kappa shape index (κ1) is 15.5. The third-order valence-corrected chi connectivity index (χ3v) is 4.29. The molecular formula is C14H15ClN2O3S.